The monoisotopic (exact) mass is 247 g/mol. The highest BCUT2D eigenvalue weighted by molar-refractivity contribution is 6.04. The molecular formula is C15H21NO2. The molecule has 0 atom stereocenters. The molecule has 0 heterocycles. The lowest BCUT2D eigenvalue weighted by atomic mass is 10.1. The molecule has 0 aliphatic heterocycles. The van der Waals surface area contributed by atoms with E-state index in [0.717, 1.165) is 42.9 Å². The summed E-state index contributed by atoms with van der Waals surface area (Å²) >= 11 is 0. The van der Waals surface area contributed by atoms with Crippen LogP contribution in [0.1, 0.15) is 50.2 Å². The predicted octanol–water partition coefficient (Wildman–Crippen LogP) is 3.77. The van der Waals surface area contributed by atoms with Crippen LogP contribution in [-0.2, 0) is 6.42 Å². The quantitative estimate of drug-likeness (QED) is 0.472. The van der Waals surface area contributed by atoms with Crippen LogP contribution >= 0.6 is 0 Å². The first-order valence-corrected chi connectivity index (χ1v) is 6.82. The predicted molar refractivity (Wildman–Crippen MR) is 72.7 cm³/mol. The molecule has 0 saturated carbocycles. The minimum Gasteiger partial charge on any atom is -0.493 e. The number of benzene rings is 1. The van der Waals surface area contributed by atoms with E-state index < -0.39 is 0 Å². The van der Waals surface area contributed by atoms with Gasteiger partial charge in [-0.1, -0.05) is 43.5 Å². The van der Waals surface area contributed by atoms with E-state index in [4.69, 9.17) is 9.94 Å². The van der Waals surface area contributed by atoms with Gasteiger partial charge in [0.1, 0.15) is 5.75 Å². The molecule has 18 heavy (non-hydrogen) atoms. The third-order valence-electron chi connectivity index (χ3n) is 3.43. The van der Waals surface area contributed by atoms with Crippen LogP contribution in [0.4, 0.5) is 0 Å². The Kier molecular flexibility index (Phi) is 4.62. The van der Waals surface area contributed by atoms with Gasteiger partial charge in [-0.2, -0.15) is 0 Å². The highest BCUT2D eigenvalue weighted by Crippen LogP contribution is 2.31. The Morgan fingerprint density at radius 2 is 2.11 bits per heavy atom. The maximum atomic E-state index is 8.92. The average molecular weight is 247 g/mol. The van der Waals surface area contributed by atoms with E-state index in [9.17, 15) is 0 Å². The summed E-state index contributed by atoms with van der Waals surface area (Å²) in [6, 6.07) is 5.98. The summed E-state index contributed by atoms with van der Waals surface area (Å²) in [5, 5.41) is 12.3. The molecule has 1 aliphatic rings. The number of oxime groups is 1. The largest absolute Gasteiger partial charge is 0.493 e. The van der Waals surface area contributed by atoms with E-state index in [1.165, 1.54) is 24.8 Å². The average Bonchev–Trinajstić information content (AvgIpc) is 2.82. The Morgan fingerprint density at radius 3 is 2.89 bits per heavy atom. The molecule has 0 radical (unpaired) electrons. The Morgan fingerprint density at radius 1 is 1.22 bits per heavy atom. The van der Waals surface area contributed by atoms with Crippen molar-refractivity contribution in [1.29, 1.82) is 0 Å². The zero-order valence-electron chi connectivity index (χ0n) is 11.0. The Bertz CT molecular complexity index is 427. The van der Waals surface area contributed by atoms with E-state index in [1.54, 1.807) is 0 Å². The van der Waals surface area contributed by atoms with Crippen molar-refractivity contribution in [3.63, 3.8) is 0 Å². The zero-order chi connectivity index (χ0) is 12.8. The smallest absolute Gasteiger partial charge is 0.123 e. The second kappa shape index (κ2) is 6.43. The van der Waals surface area contributed by atoms with Gasteiger partial charge in [-0.05, 0) is 25.3 Å². The fourth-order valence-electron chi connectivity index (χ4n) is 2.42. The van der Waals surface area contributed by atoms with Crippen molar-refractivity contribution in [3.05, 3.63) is 29.3 Å². The summed E-state index contributed by atoms with van der Waals surface area (Å²) in [6.07, 6.45) is 6.59. The van der Waals surface area contributed by atoms with Gasteiger partial charge < -0.3 is 9.94 Å². The summed E-state index contributed by atoms with van der Waals surface area (Å²) in [6.45, 7) is 2.99. The maximum Gasteiger partial charge on any atom is 0.123 e. The molecule has 2 rings (SSSR count). The van der Waals surface area contributed by atoms with Crippen LogP contribution in [0.5, 0.6) is 5.75 Å². The Labute approximate surface area is 108 Å². The summed E-state index contributed by atoms with van der Waals surface area (Å²) in [5.74, 6) is 0.961. The lowest BCUT2D eigenvalue weighted by molar-refractivity contribution is 0.302. The van der Waals surface area contributed by atoms with Crippen LogP contribution in [0.3, 0.4) is 0 Å². The number of rotatable bonds is 6. The molecule has 0 bridgehead atoms. The number of fused-ring (bicyclic) bond motifs is 1. The van der Waals surface area contributed by atoms with Gasteiger partial charge in [0.15, 0.2) is 0 Å². The first-order chi connectivity index (χ1) is 8.86. The second-order valence-electron chi connectivity index (χ2n) is 4.74. The lowest BCUT2D eigenvalue weighted by Gasteiger charge is -2.10. The van der Waals surface area contributed by atoms with Gasteiger partial charge in [-0.3, -0.25) is 0 Å². The summed E-state index contributed by atoms with van der Waals surface area (Å²) in [7, 11) is 0. The van der Waals surface area contributed by atoms with E-state index in [2.05, 4.69) is 12.1 Å². The summed E-state index contributed by atoms with van der Waals surface area (Å²) in [4.78, 5) is 0. The van der Waals surface area contributed by atoms with Crippen molar-refractivity contribution in [1.82, 2.24) is 0 Å². The van der Waals surface area contributed by atoms with Gasteiger partial charge in [0.2, 0.25) is 0 Å². The topological polar surface area (TPSA) is 41.8 Å². The number of ether oxygens (including phenoxy) is 1. The van der Waals surface area contributed by atoms with E-state index >= 15 is 0 Å². The molecule has 0 aromatic heterocycles. The van der Waals surface area contributed by atoms with Gasteiger partial charge in [-0.25, -0.2) is 0 Å². The zero-order valence-corrected chi connectivity index (χ0v) is 11.0. The SMILES string of the molecule is CCCCCCOc1cccc2c1CCC2=NO. The Hall–Kier alpha value is -1.51. The normalized spacial score (nSPS) is 15.9. The lowest BCUT2D eigenvalue weighted by Crippen LogP contribution is -2.00. The first kappa shape index (κ1) is 12.9. The molecule has 98 valence electrons. The summed E-state index contributed by atoms with van der Waals surface area (Å²) < 4.78 is 5.85. The number of nitrogens with zero attached hydrogens (tertiary/aromatic N) is 1. The van der Waals surface area contributed by atoms with Crippen molar-refractivity contribution < 1.29 is 9.94 Å². The van der Waals surface area contributed by atoms with Gasteiger partial charge in [-0.15, -0.1) is 0 Å². The highest BCUT2D eigenvalue weighted by Gasteiger charge is 2.21. The van der Waals surface area contributed by atoms with E-state index in [-0.39, 0.29) is 0 Å². The van der Waals surface area contributed by atoms with Crippen LogP contribution in [0.2, 0.25) is 0 Å². The van der Waals surface area contributed by atoms with E-state index in [1.807, 2.05) is 18.2 Å². The molecule has 3 heteroatoms. The molecular weight excluding hydrogens is 226 g/mol. The van der Waals surface area contributed by atoms with Gasteiger partial charge in [0.25, 0.3) is 0 Å². The minimum atomic E-state index is 0.779. The summed E-state index contributed by atoms with van der Waals surface area (Å²) in [5.41, 5.74) is 3.02. The van der Waals surface area contributed by atoms with Gasteiger partial charge >= 0.3 is 0 Å². The van der Waals surface area contributed by atoms with Crippen LogP contribution in [0.25, 0.3) is 0 Å². The number of hydrogen-bond donors (Lipinski definition) is 1. The van der Waals surface area contributed by atoms with Crippen molar-refractivity contribution in [3.8, 4) is 5.75 Å². The van der Waals surface area contributed by atoms with Crippen LogP contribution in [0, 0.1) is 0 Å². The second-order valence-corrected chi connectivity index (χ2v) is 4.74. The number of unbranched alkanes of at least 4 members (excludes halogenated alkanes) is 3. The highest BCUT2D eigenvalue weighted by atomic mass is 16.5. The van der Waals surface area contributed by atoms with Crippen molar-refractivity contribution in [2.45, 2.75) is 45.4 Å². The molecule has 1 N–H and O–H groups in total. The van der Waals surface area contributed by atoms with Crippen LogP contribution in [-0.4, -0.2) is 17.5 Å². The fraction of sp³-hybridized carbons (Fsp3) is 0.533. The third-order valence-corrected chi connectivity index (χ3v) is 3.43. The maximum absolute atomic E-state index is 8.92. The molecule has 1 aromatic carbocycles. The molecule has 0 spiro atoms. The van der Waals surface area contributed by atoms with Crippen molar-refractivity contribution >= 4 is 5.71 Å². The standard InChI is InChI=1S/C15H21NO2/c1-2-3-4-5-11-18-15-8-6-7-12-13(15)9-10-14(12)16-17/h6-8,17H,2-5,9-11H2,1H3. The van der Waals surface area contributed by atoms with E-state index in [0.29, 0.717) is 0 Å². The number of hydrogen-bond acceptors (Lipinski definition) is 3. The molecule has 1 aliphatic carbocycles. The van der Waals surface area contributed by atoms with Crippen LogP contribution in [0.15, 0.2) is 23.4 Å². The molecule has 0 saturated heterocycles. The Balaban J connectivity index is 1.96. The first-order valence-electron chi connectivity index (χ1n) is 6.82. The van der Waals surface area contributed by atoms with Crippen molar-refractivity contribution in [2.24, 2.45) is 5.16 Å². The minimum absolute atomic E-state index is 0.779. The van der Waals surface area contributed by atoms with Crippen LogP contribution < -0.4 is 4.74 Å². The molecule has 0 fully saturated rings. The molecule has 0 unspecified atom stereocenters. The van der Waals surface area contributed by atoms with Crippen molar-refractivity contribution in [2.75, 3.05) is 6.61 Å². The van der Waals surface area contributed by atoms with Gasteiger partial charge in [0, 0.05) is 11.1 Å². The molecule has 3 nitrogen and oxygen atoms in total. The molecule has 0 amide bonds. The molecule has 1 aromatic rings. The fourth-order valence-corrected chi connectivity index (χ4v) is 2.42. The third kappa shape index (κ3) is 2.84. The van der Waals surface area contributed by atoms with Gasteiger partial charge in [0.05, 0.1) is 12.3 Å².